The molecule has 0 N–H and O–H groups in total. The molecule has 1 aliphatic rings. The first-order valence-corrected chi connectivity index (χ1v) is 37.8. The van der Waals surface area contributed by atoms with Gasteiger partial charge in [0.2, 0.25) is 0 Å². The van der Waals surface area contributed by atoms with Gasteiger partial charge in [0, 0.05) is 104 Å². The van der Waals surface area contributed by atoms with E-state index in [0.29, 0.717) is 34.9 Å². The molecule has 0 bridgehead atoms. The topological polar surface area (TPSA) is 175 Å². The Hall–Kier alpha value is -13.6. The van der Waals surface area contributed by atoms with Crippen molar-refractivity contribution in [3.8, 4) is 79.5 Å². The van der Waals surface area contributed by atoms with E-state index < -0.39 is 18.3 Å². The van der Waals surface area contributed by atoms with Gasteiger partial charge in [0.25, 0.3) is 0 Å². The highest BCUT2D eigenvalue weighted by Gasteiger charge is 2.52. The zero-order valence-electron chi connectivity index (χ0n) is 60.8. The summed E-state index contributed by atoms with van der Waals surface area (Å²) in [7, 11) is -0.466. The van der Waals surface area contributed by atoms with Crippen LogP contribution in [0.25, 0.3) is 211 Å². The first kappa shape index (κ1) is 66.6. The number of nitrogens with zero attached hydrogens (tertiary/aromatic N) is 6. The van der Waals surface area contributed by atoms with Crippen molar-refractivity contribution in [3.05, 3.63) is 308 Å². The Morgan fingerprint density at radius 1 is 0.232 bits per heavy atom. The quantitative estimate of drug-likeness (QED) is 0.131. The Bertz CT molecular complexity index is 7510. The van der Waals surface area contributed by atoms with Gasteiger partial charge in [-0.25, -0.2) is 29.9 Å². The van der Waals surface area contributed by atoms with Crippen LogP contribution in [0.5, 0.6) is 0 Å². The van der Waals surface area contributed by atoms with Crippen LogP contribution < -0.4 is 5.46 Å². The lowest BCUT2D eigenvalue weighted by molar-refractivity contribution is 0.00578. The molecular weight excluding hydrogens is 1460 g/mol. The van der Waals surface area contributed by atoms with Gasteiger partial charge in [-0.05, 0) is 152 Å². The molecule has 14 nitrogen and oxygen atoms in total. The van der Waals surface area contributed by atoms with Crippen LogP contribution in [0, 0.1) is 0 Å². The molecule has 534 valence electrons. The van der Waals surface area contributed by atoms with Crippen LogP contribution in [0.3, 0.4) is 0 Å². The van der Waals surface area contributed by atoms with E-state index in [4.69, 9.17) is 65.7 Å². The molecule has 0 aliphatic carbocycles. The lowest BCUT2D eigenvalue weighted by Gasteiger charge is -2.32. The molecule has 23 rings (SSSR count). The Kier molecular flexibility index (Phi) is 15.6. The van der Waals surface area contributed by atoms with Crippen LogP contribution in [0.1, 0.15) is 27.7 Å². The number of fused-ring (bicyclic) bond motifs is 18. The molecule has 8 aromatic heterocycles. The van der Waals surface area contributed by atoms with Crippen molar-refractivity contribution in [1.82, 2.24) is 29.9 Å². The van der Waals surface area contributed by atoms with Crippen molar-refractivity contribution >= 4 is 160 Å². The molecule has 0 amide bonds. The highest BCUT2D eigenvalue weighted by molar-refractivity contribution is 9.10. The average Bonchev–Trinajstić information content (AvgIpc) is 1.54. The lowest BCUT2D eigenvalue weighted by Crippen LogP contribution is -2.41. The smallest absolute Gasteiger partial charge is 0.456 e. The monoisotopic (exact) mass is 1520 g/mol. The van der Waals surface area contributed by atoms with Gasteiger partial charge in [-0.2, -0.15) is 0 Å². The zero-order chi connectivity index (χ0) is 74.9. The van der Waals surface area contributed by atoms with Crippen LogP contribution in [0.4, 0.5) is 0 Å². The Morgan fingerprint density at radius 2 is 0.518 bits per heavy atom. The van der Waals surface area contributed by atoms with Crippen molar-refractivity contribution in [2.24, 2.45) is 0 Å². The fourth-order valence-corrected chi connectivity index (χ4v) is 15.7. The van der Waals surface area contributed by atoms with Crippen LogP contribution in [-0.2, 0) is 9.31 Å². The van der Waals surface area contributed by atoms with Gasteiger partial charge in [0.1, 0.15) is 67.0 Å². The molecule has 0 atom stereocenters. The summed E-state index contributed by atoms with van der Waals surface area (Å²) in [6.07, 6.45) is 0. The van der Waals surface area contributed by atoms with E-state index in [0.717, 1.165) is 181 Å². The number of hydrogen-bond acceptors (Lipinski definition) is 14. The van der Waals surface area contributed by atoms with E-state index in [1.165, 1.54) is 5.39 Å². The summed E-state index contributed by atoms with van der Waals surface area (Å²) in [5.41, 5.74) is 17.3. The van der Waals surface area contributed by atoms with E-state index in [2.05, 4.69) is 153 Å². The molecule has 1 saturated heterocycles. The fourth-order valence-electron chi connectivity index (χ4n) is 15.3. The van der Waals surface area contributed by atoms with E-state index >= 15 is 0 Å². The molecule has 0 spiro atoms. The molecule has 14 aromatic carbocycles. The standard InChI is InChI=1S/C45H25N3O3.C39H30BN3O4.C12H7BrO/c1-2-9-26(10-3-1)43-46-44(28-18-21-33-31-11-4-6-15-37(31)49-40(33)24-28)48-45(47-43)29-19-22-35-34-20-17-27(23-39(34)50-41(35)25-29)30-13-8-14-36-32-12-5-7-16-38(32)51-42(30)36;1-38(2)39(3,4)47-40(46-38)26-16-19-30-29-18-15-25(21-33(29)45-34(30)22-26)37-42-35(23-10-6-5-7-11-23)41-36(43-37)24-14-17-28-27-12-8-9-13-31(27)44-32(28)20-24;13-10-6-3-5-9-8-4-1-2-7-11(8)14-12(9)10/h1-25H;5-22H,1-4H3;1-7H. The predicted molar refractivity (Wildman–Crippen MR) is 451 cm³/mol. The molecular formula is C96H62BBrN6O8. The molecule has 1 fully saturated rings. The highest BCUT2D eigenvalue weighted by atomic mass is 79.9. The second-order valence-corrected chi connectivity index (χ2v) is 30.0. The summed E-state index contributed by atoms with van der Waals surface area (Å²) >= 11 is 3.48. The van der Waals surface area contributed by atoms with Crippen LogP contribution in [0.2, 0.25) is 0 Å². The zero-order valence-corrected chi connectivity index (χ0v) is 62.4. The Labute approximate surface area is 647 Å². The predicted octanol–water partition coefficient (Wildman–Crippen LogP) is 25.6. The van der Waals surface area contributed by atoms with Gasteiger partial charge in [-0.1, -0.05) is 206 Å². The third-order valence-electron chi connectivity index (χ3n) is 21.7. The fraction of sp³-hybridized carbons (Fsp3) is 0.0625. The van der Waals surface area contributed by atoms with Gasteiger partial charge >= 0.3 is 7.12 Å². The highest BCUT2D eigenvalue weighted by Crippen LogP contribution is 2.43. The number of benzene rings is 14. The second-order valence-electron chi connectivity index (χ2n) is 29.1. The minimum absolute atomic E-state index is 0.421. The summed E-state index contributed by atoms with van der Waals surface area (Å²) in [5, 5.41) is 12.9. The van der Waals surface area contributed by atoms with Gasteiger partial charge in [0.15, 0.2) is 34.9 Å². The van der Waals surface area contributed by atoms with Crippen LogP contribution in [0.15, 0.2) is 334 Å². The number of furan rings is 6. The molecule has 0 unspecified atom stereocenters. The van der Waals surface area contributed by atoms with Crippen LogP contribution >= 0.6 is 15.9 Å². The molecule has 112 heavy (non-hydrogen) atoms. The number of aromatic nitrogens is 6. The van der Waals surface area contributed by atoms with Crippen LogP contribution in [-0.4, -0.2) is 48.2 Å². The van der Waals surface area contributed by atoms with E-state index in [-0.39, 0.29) is 0 Å². The summed E-state index contributed by atoms with van der Waals surface area (Å²) in [4.78, 5) is 29.7. The first-order chi connectivity index (χ1) is 54.8. The SMILES string of the molecule is Brc1cccc2c1oc1ccccc12.CC1(C)OB(c2ccc3c(c2)oc2cc(-c4nc(-c5ccccc5)nc(-c5ccc6c(c5)oc5ccccc56)n4)ccc23)OC1(C)C.c1ccc(-c2nc(-c3ccc4c(c3)oc3ccccc34)nc(-c3ccc4c(c3)oc3cc(-c5cccc6c5oc5ccccc56)ccc34)n2)cc1. The number of rotatable bonds is 8. The van der Waals surface area contributed by atoms with Gasteiger partial charge in [0.05, 0.1) is 15.7 Å². The maximum atomic E-state index is 6.54. The molecule has 0 radical (unpaired) electrons. The van der Waals surface area contributed by atoms with Gasteiger partial charge < -0.3 is 35.8 Å². The van der Waals surface area contributed by atoms with Crippen molar-refractivity contribution < 1.29 is 35.8 Å². The van der Waals surface area contributed by atoms with Crippen molar-refractivity contribution in [2.75, 3.05) is 0 Å². The molecule has 0 saturated carbocycles. The first-order valence-electron chi connectivity index (χ1n) is 37.0. The van der Waals surface area contributed by atoms with Crippen molar-refractivity contribution in [2.45, 2.75) is 38.9 Å². The van der Waals surface area contributed by atoms with E-state index in [1.807, 2.05) is 194 Å². The van der Waals surface area contributed by atoms with Gasteiger partial charge in [-0.3, -0.25) is 0 Å². The third-order valence-corrected chi connectivity index (χ3v) is 22.3. The maximum Gasteiger partial charge on any atom is 0.494 e. The summed E-state index contributed by atoms with van der Waals surface area (Å²) < 4.78 is 51.0. The Balaban J connectivity index is 0.000000121. The average molecular weight is 1520 g/mol. The van der Waals surface area contributed by atoms with Crippen molar-refractivity contribution in [1.29, 1.82) is 0 Å². The molecule has 22 aromatic rings. The summed E-state index contributed by atoms with van der Waals surface area (Å²) in [6.45, 7) is 8.23. The van der Waals surface area contributed by atoms with Gasteiger partial charge in [-0.15, -0.1) is 0 Å². The summed E-state index contributed by atoms with van der Waals surface area (Å²) in [6, 6.07) is 102. The second kappa shape index (κ2) is 26.3. The van der Waals surface area contributed by atoms with E-state index in [9.17, 15) is 0 Å². The third kappa shape index (κ3) is 11.6. The minimum atomic E-state index is -0.466. The van der Waals surface area contributed by atoms with E-state index in [1.54, 1.807) is 0 Å². The molecule has 9 heterocycles. The number of para-hydroxylation sites is 6. The maximum absolute atomic E-state index is 6.54. The largest absolute Gasteiger partial charge is 0.494 e. The molecule has 16 heteroatoms. The number of halogens is 1. The summed E-state index contributed by atoms with van der Waals surface area (Å²) in [5.74, 6) is 3.42. The van der Waals surface area contributed by atoms with Crippen molar-refractivity contribution in [3.63, 3.8) is 0 Å². The number of hydrogen-bond donors (Lipinski definition) is 0. The normalized spacial score (nSPS) is 13.5. The minimum Gasteiger partial charge on any atom is -0.456 e. The lowest BCUT2D eigenvalue weighted by atomic mass is 9.79. The molecule has 1 aliphatic heterocycles. The Morgan fingerprint density at radius 3 is 0.938 bits per heavy atom.